The number of Topliss-reactive ketones (excluding diaryl/α,β-unsaturated/α-hetero) is 1. The minimum absolute atomic E-state index is 0.0186. The number of nitrogens with one attached hydrogen (secondary N) is 1. The molecule has 1 amide bonds. The van der Waals surface area contributed by atoms with E-state index >= 15 is 0 Å². The van der Waals surface area contributed by atoms with Crippen LogP contribution in [0.2, 0.25) is 0 Å². The molecule has 1 N–H and O–H groups in total. The number of nitrogens with zero attached hydrogens (tertiary/aromatic N) is 3. The van der Waals surface area contributed by atoms with Gasteiger partial charge in [-0.2, -0.15) is 5.10 Å². The number of rotatable bonds is 4. The lowest BCUT2D eigenvalue weighted by molar-refractivity contribution is 0.0946. The fourth-order valence-electron chi connectivity index (χ4n) is 2.27. The van der Waals surface area contributed by atoms with Crippen LogP contribution < -0.4 is 5.32 Å². The van der Waals surface area contributed by atoms with E-state index in [1.807, 2.05) is 0 Å². The Morgan fingerprint density at radius 2 is 1.88 bits per heavy atom. The van der Waals surface area contributed by atoms with E-state index in [0.717, 1.165) is 18.2 Å². The van der Waals surface area contributed by atoms with E-state index in [-0.39, 0.29) is 29.3 Å². The Labute approximate surface area is 135 Å². The minimum atomic E-state index is -0.725. The number of carbonyl (C=O) groups excluding carboxylic acids is 2. The molecule has 3 aromatic rings. The zero-order chi connectivity index (χ0) is 17.3. The van der Waals surface area contributed by atoms with Crippen LogP contribution in [0, 0.1) is 11.6 Å². The van der Waals surface area contributed by atoms with E-state index in [1.165, 1.54) is 23.7 Å². The Morgan fingerprint density at radius 3 is 2.54 bits per heavy atom. The van der Waals surface area contributed by atoms with Crippen LogP contribution in [0.1, 0.15) is 33.5 Å². The van der Waals surface area contributed by atoms with Crippen molar-refractivity contribution in [3.63, 3.8) is 0 Å². The first-order chi connectivity index (χ1) is 11.4. The van der Waals surface area contributed by atoms with E-state index in [9.17, 15) is 18.4 Å². The largest absolute Gasteiger partial charge is 0.347 e. The van der Waals surface area contributed by atoms with Crippen LogP contribution in [0.3, 0.4) is 0 Å². The number of halogens is 2. The summed E-state index contributed by atoms with van der Waals surface area (Å²) in [5.41, 5.74) is 0.861. The van der Waals surface area contributed by atoms with Gasteiger partial charge in [0, 0.05) is 25.6 Å². The number of ketones is 1. The van der Waals surface area contributed by atoms with E-state index in [1.54, 1.807) is 6.07 Å². The van der Waals surface area contributed by atoms with Gasteiger partial charge in [0.15, 0.2) is 11.4 Å². The quantitative estimate of drug-likeness (QED) is 0.744. The molecule has 3 rings (SSSR count). The van der Waals surface area contributed by atoms with Gasteiger partial charge in [-0.3, -0.25) is 9.59 Å². The molecule has 2 aromatic heterocycles. The second-order valence-electron chi connectivity index (χ2n) is 5.14. The Morgan fingerprint density at radius 1 is 1.17 bits per heavy atom. The highest BCUT2D eigenvalue weighted by molar-refractivity contribution is 5.98. The Balaban J connectivity index is 1.84. The summed E-state index contributed by atoms with van der Waals surface area (Å²) >= 11 is 0. The fraction of sp³-hybridized carbons (Fsp3) is 0.125. The Hall–Kier alpha value is -3.16. The number of amides is 1. The molecule has 0 unspecified atom stereocenters. The van der Waals surface area contributed by atoms with Crippen molar-refractivity contribution in [1.29, 1.82) is 0 Å². The lowest BCUT2D eigenvalue weighted by Gasteiger charge is -2.07. The number of hydrogen-bond acceptors (Lipinski definition) is 4. The molecule has 122 valence electrons. The van der Waals surface area contributed by atoms with Crippen molar-refractivity contribution in [2.24, 2.45) is 0 Å². The predicted octanol–water partition coefficient (Wildman–Crippen LogP) is 2.14. The number of hydrogen-bond donors (Lipinski definition) is 1. The topological polar surface area (TPSA) is 76.4 Å². The van der Waals surface area contributed by atoms with Crippen LogP contribution in [0.5, 0.6) is 0 Å². The van der Waals surface area contributed by atoms with Crippen molar-refractivity contribution in [1.82, 2.24) is 19.9 Å². The van der Waals surface area contributed by atoms with Crippen LogP contribution >= 0.6 is 0 Å². The summed E-state index contributed by atoms with van der Waals surface area (Å²) in [6, 6.07) is 5.88. The zero-order valence-corrected chi connectivity index (χ0v) is 12.6. The van der Waals surface area contributed by atoms with Crippen LogP contribution in [0.25, 0.3) is 5.65 Å². The molecule has 0 radical (unpaired) electrons. The average molecular weight is 330 g/mol. The first-order valence-corrected chi connectivity index (χ1v) is 7.03. The van der Waals surface area contributed by atoms with Gasteiger partial charge in [0.2, 0.25) is 0 Å². The smallest absolute Gasteiger partial charge is 0.270 e. The molecule has 0 bridgehead atoms. The van der Waals surface area contributed by atoms with Gasteiger partial charge < -0.3 is 5.32 Å². The van der Waals surface area contributed by atoms with Crippen molar-refractivity contribution in [3.05, 3.63) is 65.1 Å². The van der Waals surface area contributed by atoms with Crippen molar-refractivity contribution >= 4 is 17.3 Å². The first-order valence-electron chi connectivity index (χ1n) is 7.03. The second-order valence-corrected chi connectivity index (χ2v) is 5.14. The summed E-state index contributed by atoms with van der Waals surface area (Å²) in [5, 5.41) is 6.49. The maximum atomic E-state index is 13.1. The number of aromatic nitrogens is 3. The van der Waals surface area contributed by atoms with Gasteiger partial charge in [0.1, 0.15) is 23.0 Å². The summed E-state index contributed by atoms with van der Waals surface area (Å²) in [6.07, 6.45) is 1.46. The van der Waals surface area contributed by atoms with E-state index in [0.29, 0.717) is 5.65 Å². The molecule has 6 nitrogen and oxygen atoms in total. The maximum absolute atomic E-state index is 13.1. The molecule has 8 heteroatoms. The van der Waals surface area contributed by atoms with Crippen LogP contribution in [0.15, 0.2) is 36.5 Å². The standard InChI is InChI=1S/C16H12F2N4O2/c1-9(23)14-7-13(21-15-2-3-20-22(14)15)16(24)19-8-10-4-11(17)6-12(18)5-10/h2-7H,8H2,1H3,(H,19,24). The van der Waals surface area contributed by atoms with Gasteiger partial charge >= 0.3 is 0 Å². The number of carbonyl (C=O) groups is 2. The van der Waals surface area contributed by atoms with Gasteiger partial charge in [-0.1, -0.05) is 0 Å². The number of fused-ring (bicyclic) bond motifs is 1. The third-order valence-corrected chi connectivity index (χ3v) is 3.33. The molecule has 2 heterocycles. The van der Waals surface area contributed by atoms with Gasteiger partial charge in [-0.25, -0.2) is 18.3 Å². The molecule has 0 saturated carbocycles. The SMILES string of the molecule is CC(=O)c1cc(C(=O)NCc2cc(F)cc(F)c2)nc2ccnn12. The van der Waals surface area contributed by atoms with Gasteiger partial charge in [-0.15, -0.1) is 0 Å². The van der Waals surface area contributed by atoms with E-state index < -0.39 is 17.5 Å². The van der Waals surface area contributed by atoms with Crippen LogP contribution in [0.4, 0.5) is 8.78 Å². The van der Waals surface area contributed by atoms with Crippen molar-refractivity contribution in [2.75, 3.05) is 0 Å². The summed E-state index contributed by atoms with van der Waals surface area (Å²) < 4.78 is 27.6. The van der Waals surface area contributed by atoms with E-state index in [2.05, 4.69) is 15.4 Å². The summed E-state index contributed by atoms with van der Waals surface area (Å²) in [4.78, 5) is 28.0. The monoisotopic (exact) mass is 330 g/mol. The summed E-state index contributed by atoms with van der Waals surface area (Å²) in [6.45, 7) is 1.28. The highest BCUT2D eigenvalue weighted by atomic mass is 19.1. The second kappa shape index (κ2) is 6.15. The molecule has 0 spiro atoms. The Kier molecular flexibility index (Phi) is 4.03. The molecule has 0 atom stereocenters. The Bertz CT molecular complexity index is 932. The lowest BCUT2D eigenvalue weighted by atomic mass is 10.2. The lowest BCUT2D eigenvalue weighted by Crippen LogP contribution is -2.25. The molecule has 1 aromatic carbocycles. The normalized spacial score (nSPS) is 10.8. The van der Waals surface area contributed by atoms with E-state index in [4.69, 9.17) is 0 Å². The van der Waals surface area contributed by atoms with Gasteiger partial charge in [0.05, 0.1) is 6.20 Å². The molecule has 0 aliphatic carbocycles. The predicted molar refractivity (Wildman–Crippen MR) is 80.5 cm³/mol. The molecule has 0 aliphatic heterocycles. The average Bonchev–Trinajstić information content (AvgIpc) is 2.98. The van der Waals surface area contributed by atoms with Crippen LogP contribution in [-0.4, -0.2) is 26.3 Å². The minimum Gasteiger partial charge on any atom is -0.347 e. The summed E-state index contributed by atoms with van der Waals surface area (Å²) in [7, 11) is 0. The maximum Gasteiger partial charge on any atom is 0.270 e. The zero-order valence-electron chi connectivity index (χ0n) is 12.6. The van der Waals surface area contributed by atoms with Gasteiger partial charge in [-0.05, 0) is 23.8 Å². The van der Waals surface area contributed by atoms with Crippen molar-refractivity contribution in [3.8, 4) is 0 Å². The third kappa shape index (κ3) is 3.12. The third-order valence-electron chi connectivity index (χ3n) is 3.33. The highest BCUT2D eigenvalue weighted by Gasteiger charge is 2.15. The molecular weight excluding hydrogens is 318 g/mol. The highest BCUT2D eigenvalue weighted by Crippen LogP contribution is 2.10. The van der Waals surface area contributed by atoms with Gasteiger partial charge in [0.25, 0.3) is 5.91 Å². The fourth-order valence-corrected chi connectivity index (χ4v) is 2.27. The summed E-state index contributed by atoms with van der Waals surface area (Å²) in [5.74, 6) is -2.29. The molecule has 24 heavy (non-hydrogen) atoms. The van der Waals surface area contributed by atoms with Crippen molar-refractivity contribution in [2.45, 2.75) is 13.5 Å². The first kappa shape index (κ1) is 15.7. The molecular formula is C16H12F2N4O2. The van der Waals surface area contributed by atoms with Crippen molar-refractivity contribution < 1.29 is 18.4 Å². The molecule has 0 saturated heterocycles. The van der Waals surface area contributed by atoms with Crippen LogP contribution in [-0.2, 0) is 6.54 Å². The molecule has 0 aliphatic rings. The molecule has 0 fully saturated rings. The number of benzene rings is 1.